The topological polar surface area (TPSA) is 40.8 Å². The minimum absolute atomic E-state index is 0.0458. The lowest BCUT2D eigenvalue weighted by molar-refractivity contribution is 0.276. The molecule has 0 saturated carbocycles. The Morgan fingerprint density at radius 1 is 1.53 bits per heavy atom. The predicted molar refractivity (Wildman–Crippen MR) is 69.6 cm³/mol. The molecule has 17 heavy (non-hydrogen) atoms. The lowest BCUT2D eigenvalue weighted by Gasteiger charge is -2.20. The molecule has 0 amide bonds. The standard InChI is InChI=1S/C12H17N3OS/c1-12(2)3-4-14(8-12)10-9(7-16)15-5-6-17-11(15)13-10/h5-6,16H,3-4,7-8H2,1-2H3. The Labute approximate surface area is 105 Å². The molecule has 0 aliphatic carbocycles. The molecule has 2 aromatic rings. The van der Waals surface area contributed by atoms with E-state index in [1.807, 2.05) is 16.0 Å². The summed E-state index contributed by atoms with van der Waals surface area (Å²) < 4.78 is 1.99. The zero-order chi connectivity index (χ0) is 12.0. The summed E-state index contributed by atoms with van der Waals surface area (Å²) in [4.78, 5) is 7.90. The van der Waals surface area contributed by atoms with Gasteiger partial charge < -0.3 is 10.0 Å². The Kier molecular flexibility index (Phi) is 2.41. The molecule has 1 aliphatic rings. The minimum atomic E-state index is 0.0458. The van der Waals surface area contributed by atoms with Crippen molar-refractivity contribution >= 4 is 22.1 Å². The van der Waals surface area contributed by atoms with Crippen LogP contribution in [0.2, 0.25) is 0 Å². The Hall–Kier alpha value is -1.07. The summed E-state index contributed by atoms with van der Waals surface area (Å²) in [5.74, 6) is 0.963. The Morgan fingerprint density at radius 2 is 2.35 bits per heavy atom. The van der Waals surface area contributed by atoms with Gasteiger partial charge in [0.25, 0.3) is 0 Å². The zero-order valence-electron chi connectivity index (χ0n) is 10.2. The molecule has 92 valence electrons. The van der Waals surface area contributed by atoms with Crippen LogP contribution >= 0.6 is 11.3 Å². The van der Waals surface area contributed by atoms with E-state index in [0.717, 1.165) is 29.6 Å². The van der Waals surface area contributed by atoms with Crippen molar-refractivity contribution < 1.29 is 5.11 Å². The first kappa shape index (κ1) is 11.0. The monoisotopic (exact) mass is 251 g/mol. The van der Waals surface area contributed by atoms with E-state index in [9.17, 15) is 5.11 Å². The number of fused-ring (bicyclic) bond motifs is 1. The summed E-state index contributed by atoms with van der Waals surface area (Å²) >= 11 is 1.61. The highest BCUT2D eigenvalue weighted by molar-refractivity contribution is 7.15. The first-order valence-corrected chi connectivity index (χ1v) is 6.79. The lowest BCUT2D eigenvalue weighted by atomic mass is 9.93. The van der Waals surface area contributed by atoms with Gasteiger partial charge in [0, 0.05) is 24.7 Å². The van der Waals surface area contributed by atoms with E-state index in [0.29, 0.717) is 5.41 Å². The fourth-order valence-electron chi connectivity index (χ4n) is 2.51. The molecular weight excluding hydrogens is 234 g/mol. The van der Waals surface area contributed by atoms with Crippen molar-refractivity contribution in [3.8, 4) is 0 Å². The van der Waals surface area contributed by atoms with Gasteiger partial charge in [0.2, 0.25) is 0 Å². The molecular formula is C12H17N3OS. The van der Waals surface area contributed by atoms with E-state index in [1.165, 1.54) is 6.42 Å². The zero-order valence-corrected chi connectivity index (χ0v) is 11.0. The molecule has 1 fully saturated rings. The third-order valence-corrected chi connectivity index (χ3v) is 4.22. The molecule has 0 atom stereocenters. The van der Waals surface area contributed by atoms with Crippen molar-refractivity contribution in [2.24, 2.45) is 5.41 Å². The van der Waals surface area contributed by atoms with E-state index in [1.54, 1.807) is 11.3 Å². The quantitative estimate of drug-likeness (QED) is 0.889. The number of hydrogen-bond acceptors (Lipinski definition) is 4. The van der Waals surface area contributed by atoms with Crippen LogP contribution in [-0.2, 0) is 6.61 Å². The first-order chi connectivity index (χ1) is 8.11. The molecule has 3 heterocycles. The van der Waals surface area contributed by atoms with Gasteiger partial charge >= 0.3 is 0 Å². The maximum absolute atomic E-state index is 9.53. The summed E-state index contributed by atoms with van der Waals surface area (Å²) in [6.07, 6.45) is 3.16. The van der Waals surface area contributed by atoms with Gasteiger partial charge in [-0.1, -0.05) is 13.8 Å². The predicted octanol–water partition coefficient (Wildman–Crippen LogP) is 2.12. The third-order valence-electron chi connectivity index (χ3n) is 3.47. The van der Waals surface area contributed by atoms with Crippen LogP contribution in [0, 0.1) is 5.41 Å². The number of imidazole rings is 1. The van der Waals surface area contributed by atoms with E-state index >= 15 is 0 Å². The lowest BCUT2D eigenvalue weighted by Crippen LogP contribution is -2.24. The van der Waals surface area contributed by atoms with Gasteiger partial charge in [-0.25, -0.2) is 4.98 Å². The van der Waals surface area contributed by atoms with E-state index < -0.39 is 0 Å². The molecule has 0 aromatic carbocycles. The maximum Gasteiger partial charge on any atom is 0.195 e. The number of rotatable bonds is 2. The Balaban J connectivity index is 2.02. The second kappa shape index (κ2) is 3.71. The molecule has 3 rings (SSSR count). The third kappa shape index (κ3) is 1.73. The normalized spacial score (nSPS) is 19.4. The van der Waals surface area contributed by atoms with Crippen LogP contribution in [0.1, 0.15) is 26.0 Å². The fourth-order valence-corrected chi connectivity index (χ4v) is 3.24. The summed E-state index contributed by atoms with van der Waals surface area (Å²) in [7, 11) is 0. The first-order valence-electron chi connectivity index (χ1n) is 5.91. The molecule has 1 saturated heterocycles. The van der Waals surface area contributed by atoms with Crippen molar-refractivity contribution in [3.63, 3.8) is 0 Å². The van der Waals surface area contributed by atoms with Crippen LogP contribution in [0.3, 0.4) is 0 Å². The van der Waals surface area contributed by atoms with Crippen LogP contribution in [-0.4, -0.2) is 27.6 Å². The summed E-state index contributed by atoms with van der Waals surface area (Å²) in [5.41, 5.74) is 1.27. The Morgan fingerprint density at radius 3 is 3.00 bits per heavy atom. The Bertz CT molecular complexity index is 543. The number of aliphatic hydroxyl groups is 1. The van der Waals surface area contributed by atoms with Gasteiger partial charge in [-0.05, 0) is 11.8 Å². The average molecular weight is 251 g/mol. The van der Waals surface area contributed by atoms with Gasteiger partial charge in [0.15, 0.2) is 10.8 Å². The fraction of sp³-hybridized carbons (Fsp3) is 0.583. The highest BCUT2D eigenvalue weighted by atomic mass is 32.1. The highest BCUT2D eigenvalue weighted by Crippen LogP contribution is 2.34. The second-order valence-electron chi connectivity index (χ2n) is 5.43. The SMILES string of the molecule is CC1(C)CCN(c2nc3sccn3c2CO)C1. The number of hydrogen-bond donors (Lipinski definition) is 1. The van der Waals surface area contributed by atoms with Crippen molar-refractivity contribution in [3.05, 3.63) is 17.3 Å². The van der Waals surface area contributed by atoms with Gasteiger partial charge in [-0.3, -0.25) is 4.40 Å². The smallest absolute Gasteiger partial charge is 0.195 e. The van der Waals surface area contributed by atoms with Crippen LogP contribution in [0.4, 0.5) is 5.82 Å². The van der Waals surface area contributed by atoms with Gasteiger partial charge in [-0.15, -0.1) is 11.3 Å². The molecule has 0 bridgehead atoms. The molecule has 4 nitrogen and oxygen atoms in total. The molecule has 1 aliphatic heterocycles. The number of anilines is 1. The molecule has 1 N–H and O–H groups in total. The van der Waals surface area contributed by atoms with E-state index in [-0.39, 0.29) is 6.61 Å². The molecule has 0 spiro atoms. The number of thiazole rings is 1. The number of nitrogens with zero attached hydrogens (tertiary/aromatic N) is 3. The van der Waals surface area contributed by atoms with Crippen LogP contribution < -0.4 is 4.90 Å². The second-order valence-corrected chi connectivity index (χ2v) is 6.30. The summed E-state index contributed by atoms with van der Waals surface area (Å²) in [6.45, 7) is 6.66. The highest BCUT2D eigenvalue weighted by Gasteiger charge is 2.32. The van der Waals surface area contributed by atoms with E-state index in [2.05, 4.69) is 23.7 Å². The number of aliphatic hydroxyl groups excluding tert-OH is 1. The van der Waals surface area contributed by atoms with E-state index in [4.69, 9.17) is 0 Å². The van der Waals surface area contributed by atoms with Crippen molar-refractivity contribution in [2.45, 2.75) is 26.9 Å². The van der Waals surface area contributed by atoms with Crippen LogP contribution in [0.25, 0.3) is 4.96 Å². The van der Waals surface area contributed by atoms with Gasteiger partial charge in [-0.2, -0.15) is 0 Å². The summed E-state index contributed by atoms with van der Waals surface area (Å²) in [6, 6.07) is 0. The molecule has 0 radical (unpaired) electrons. The van der Waals surface area contributed by atoms with Crippen molar-refractivity contribution in [2.75, 3.05) is 18.0 Å². The molecule has 2 aromatic heterocycles. The maximum atomic E-state index is 9.53. The van der Waals surface area contributed by atoms with Gasteiger partial charge in [0.1, 0.15) is 0 Å². The largest absolute Gasteiger partial charge is 0.390 e. The van der Waals surface area contributed by atoms with Gasteiger partial charge in [0.05, 0.1) is 12.3 Å². The van der Waals surface area contributed by atoms with Crippen molar-refractivity contribution in [1.29, 1.82) is 0 Å². The number of aromatic nitrogens is 2. The van der Waals surface area contributed by atoms with Crippen LogP contribution in [0.5, 0.6) is 0 Å². The van der Waals surface area contributed by atoms with Crippen LogP contribution in [0.15, 0.2) is 11.6 Å². The van der Waals surface area contributed by atoms with Crippen molar-refractivity contribution in [1.82, 2.24) is 9.38 Å². The average Bonchev–Trinajstić information content (AvgIpc) is 2.89. The minimum Gasteiger partial charge on any atom is -0.390 e. The molecule has 5 heteroatoms. The summed E-state index contributed by atoms with van der Waals surface area (Å²) in [5, 5.41) is 11.5. The molecule has 0 unspecified atom stereocenters.